The number of hydrogen-bond donors (Lipinski definition) is 2. The van der Waals surface area contributed by atoms with Crippen LogP contribution < -0.4 is 11.1 Å². The standard InChI is InChI=1S/C18H29N3O2/c1-3-14(4-2)17(21-8-10-23-11-9-21)13-20-18(22)15-6-5-7-16(19)12-15/h5-7,12,14,17H,3-4,8-11,13,19H2,1-2H3,(H,20,22). The van der Waals surface area contributed by atoms with Gasteiger partial charge in [-0.25, -0.2) is 0 Å². The Labute approximate surface area is 139 Å². The fraction of sp³-hybridized carbons (Fsp3) is 0.611. The SMILES string of the molecule is CCC(CC)C(CNC(=O)c1cccc(N)c1)N1CCOCC1. The summed E-state index contributed by atoms with van der Waals surface area (Å²) in [4.78, 5) is 14.8. The molecule has 0 radical (unpaired) electrons. The van der Waals surface area contributed by atoms with Gasteiger partial charge in [-0.15, -0.1) is 0 Å². The minimum atomic E-state index is -0.0542. The number of morpholine rings is 1. The number of nitrogens with two attached hydrogens (primary N) is 1. The van der Waals surface area contributed by atoms with Gasteiger partial charge in [0.15, 0.2) is 0 Å². The monoisotopic (exact) mass is 319 g/mol. The Morgan fingerprint density at radius 3 is 2.61 bits per heavy atom. The molecule has 3 N–H and O–H groups in total. The summed E-state index contributed by atoms with van der Waals surface area (Å²) in [5.41, 5.74) is 6.99. The van der Waals surface area contributed by atoms with Gasteiger partial charge in [-0.2, -0.15) is 0 Å². The third kappa shape index (κ3) is 4.94. The van der Waals surface area contributed by atoms with E-state index in [0.717, 1.165) is 39.1 Å². The Hall–Kier alpha value is -1.59. The predicted molar refractivity (Wildman–Crippen MR) is 93.4 cm³/mol. The van der Waals surface area contributed by atoms with Crippen LogP contribution in [0.2, 0.25) is 0 Å². The van der Waals surface area contributed by atoms with Gasteiger partial charge in [0.05, 0.1) is 13.2 Å². The average molecular weight is 319 g/mol. The largest absolute Gasteiger partial charge is 0.399 e. The molecule has 1 aromatic carbocycles. The molecule has 23 heavy (non-hydrogen) atoms. The molecule has 2 rings (SSSR count). The van der Waals surface area contributed by atoms with Crippen molar-refractivity contribution in [1.82, 2.24) is 10.2 Å². The number of anilines is 1. The Morgan fingerprint density at radius 2 is 2.00 bits per heavy atom. The van der Waals surface area contributed by atoms with Crippen molar-refractivity contribution in [2.75, 3.05) is 38.6 Å². The molecule has 1 fully saturated rings. The lowest BCUT2D eigenvalue weighted by atomic mass is 9.92. The highest BCUT2D eigenvalue weighted by molar-refractivity contribution is 5.94. The maximum absolute atomic E-state index is 12.4. The Morgan fingerprint density at radius 1 is 1.30 bits per heavy atom. The van der Waals surface area contributed by atoms with Gasteiger partial charge in [-0.3, -0.25) is 9.69 Å². The number of carbonyl (C=O) groups is 1. The number of carbonyl (C=O) groups excluding carboxylic acids is 1. The van der Waals surface area contributed by atoms with E-state index in [1.165, 1.54) is 0 Å². The van der Waals surface area contributed by atoms with Crippen molar-refractivity contribution in [3.8, 4) is 0 Å². The number of ether oxygens (including phenoxy) is 1. The van der Waals surface area contributed by atoms with Gasteiger partial charge in [0.1, 0.15) is 0 Å². The summed E-state index contributed by atoms with van der Waals surface area (Å²) in [5, 5.41) is 3.10. The Balaban J connectivity index is 2.00. The molecule has 1 aromatic rings. The first kappa shape index (κ1) is 17.8. The normalized spacial score (nSPS) is 17.2. The first-order valence-corrected chi connectivity index (χ1v) is 8.61. The maximum Gasteiger partial charge on any atom is 0.251 e. The number of nitrogens with zero attached hydrogens (tertiary/aromatic N) is 1. The summed E-state index contributed by atoms with van der Waals surface area (Å²) in [6.07, 6.45) is 2.24. The zero-order valence-corrected chi connectivity index (χ0v) is 14.3. The molecule has 0 bridgehead atoms. The lowest BCUT2D eigenvalue weighted by Gasteiger charge is -2.38. The molecular weight excluding hydrogens is 290 g/mol. The molecular formula is C18H29N3O2. The van der Waals surface area contributed by atoms with Gasteiger partial charge in [0.2, 0.25) is 0 Å². The maximum atomic E-state index is 12.4. The molecule has 5 nitrogen and oxygen atoms in total. The topological polar surface area (TPSA) is 67.6 Å². The Bertz CT molecular complexity index is 497. The number of hydrogen-bond acceptors (Lipinski definition) is 4. The van der Waals surface area contributed by atoms with Gasteiger partial charge in [0, 0.05) is 36.9 Å². The Kier molecular flexibility index (Phi) is 6.86. The summed E-state index contributed by atoms with van der Waals surface area (Å²) in [7, 11) is 0. The third-order valence-corrected chi connectivity index (χ3v) is 4.73. The average Bonchev–Trinajstić information content (AvgIpc) is 2.59. The predicted octanol–water partition coefficient (Wildman–Crippen LogP) is 2.14. The van der Waals surface area contributed by atoms with Crippen LogP contribution in [-0.2, 0) is 4.74 Å². The second-order valence-corrected chi connectivity index (χ2v) is 6.13. The molecule has 1 atom stereocenters. The smallest absolute Gasteiger partial charge is 0.251 e. The van der Waals surface area contributed by atoms with E-state index < -0.39 is 0 Å². The van der Waals surface area contributed by atoms with Crippen LogP contribution >= 0.6 is 0 Å². The third-order valence-electron chi connectivity index (χ3n) is 4.73. The molecule has 0 aromatic heterocycles. The van der Waals surface area contributed by atoms with E-state index in [2.05, 4.69) is 24.1 Å². The van der Waals surface area contributed by atoms with Crippen LogP contribution in [0.1, 0.15) is 37.0 Å². The van der Waals surface area contributed by atoms with Gasteiger partial charge >= 0.3 is 0 Å². The summed E-state index contributed by atoms with van der Waals surface area (Å²) in [6, 6.07) is 7.48. The molecule has 1 aliphatic heterocycles. The fourth-order valence-electron chi connectivity index (χ4n) is 3.32. The summed E-state index contributed by atoms with van der Waals surface area (Å²) >= 11 is 0. The molecule has 1 heterocycles. The molecule has 5 heteroatoms. The van der Waals surface area contributed by atoms with Gasteiger partial charge in [-0.05, 0) is 24.1 Å². The summed E-state index contributed by atoms with van der Waals surface area (Å²) in [6.45, 7) is 8.55. The molecule has 1 saturated heterocycles. The van der Waals surface area contributed by atoms with E-state index in [-0.39, 0.29) is 5.91 Å². The zero-order valence-electron chi connectivity index (χ0n) is 14.3. The number of benzene rings is 1. The van der Waals surface area contributed by atoms with Crippen molar-refractivity contribution in [2.24, 2.45) is 5.92 Å². The molecule has 1 amide bonds. The highest BCUT2D eigenvalue weighted by atomic mass is 16.5. The zero-order chi connectivity index (χ0) is 16.7. The second-order valence-electron chi connectivity index (χ2n) is 6.13. The minimum absolute atomic E-state index is 0.0542. The van der Waals surface area contributed by atoms with E-state index in [1.807, 2.05) is 6.07 Å². The molecule has 1 unspecified atom stereocenters. The van der Waals surface area contributed by atoms with Crippen molar-refractivity contribution in [3.63, 3.8) is 0 Å². The molecule has 1 aliphatic rings. The second kappa shape index (κ2) is 8.89. The van der Waals surface area contributed by atoms with E-state index in [1.54, 1.807) is 18.2 Å². The highest BCUT2D eigenvalue weighted by Gasteiger charge is 2.27. The quantitative estimate of drug-likeness (QED) is 0.756. The lowest BCUT2D eigenvalue weighted by Crippen LogP contribution is -2.52. The van der Waals surface area contributed by atoms with Crippen molar-refractivity contribution in [3.05, 3.63) is 29.8 Å². The summed E-state index contributed by atoms with van der Waals surface area (Å²) in [5.74, 6) is 0.524. The number of amides is 1. The van der Waals surface area contributed by atoms with Gasteiger partial charge in [-0.1, -0.05) is 32.8 Å². The molecule has 128 valence electrons. The van der Waals surface area contributed by atoms with Crippen LogP contribution in [-0.4, -0.2) is 49.7 Å². The van der Waals surface area contributed by atoms with Crippen LogP contribution in [0.5, 0.6) is 0 Å². The molecule has 0 aliphatic carbocycles. The number of rotatable bonds is 7. The van der Waals surface area contributed by atoms with Crippen molar-refractivity contribution < 1.29 is 9.53 Å². The van der Waals surface area contributed by atoms with E-state index in [0.29, 0.717) is 29.8 Å². The van der Waals surface area contributed by atoms with Crippen LogP contribution in [0.15, 0.2) is 24.3 Å². The first-order valence-electron chi connectivity index (χ1n) is 8.61. The van der Waals surface area contributed by atoms with Gasteiger partial charge < -0.3 is 15.8 Å². The lowest BCUT2D eigenvalue weighted by molar-refractivity contribution is 0.00191. The van der Waals surface area contributed by atoms with Crippen molar-refractivity contribution >= 4 is 11.6 Å². The number of nitrogen functional groups attached to an aromatic ring is 1. The van der Waals surface area contributed by atoms with E-state index >= 15 is 0 Å². The van der Waals surface area contributed by atoms with Crippen molar-refractivity contribution in [2.45, 2.75) is 32.7 Å². The minimum Gasteiger partial charge on any atom is -0.399 e. The van der Waals surface area contributed by atoms with Crippen LogP contribution in [0.4, 0.5) is 5.69 Å². The molecule has 0 saturated carbocycles. The fourth-order valence-corrected chi connectivity index (χ4v) is 3.32. The van der Waals surface area contributed by atoms with Crippen LogP contribution in [0.3, 0.4) is 0 Å². The van der Waals surface area contributed by atoms with Crippen LogP contribution in [0.25, 0.3) is 0 Å². The molecule has 0 spiro atoms. The van der Waals surface area contributed by atoms with Crippen LogP contribution in [0, 0.1) is 5.92 Å². The van der Waals surface area contributed by atoms with E-state index in [4.69, 9.17) is 10.5 Å². The highest BCUT2D eigenvalue weighted by Crippen LogP contribution is 2.19. The summed E-state index contributed by atoms with van der Waals surface area (Å²) < 4.78 is 5.46. The van der Waals surface area contributed by atoms with Crippen molar-refractivity contribution in [1.29, 1.82) is 0 Å². The van der Waals surface area contributed by atoms with Gasteiger partial charge in [0.25, 0.3) is 5.91 Å². The first-order chi connectivity index (χ1) is 11.2. The number of nitrogens with one attached hydrogen (secondary N) is 1. The van der Waals surface area contributed by atoms with E-state index in [9.17, 15) is 4.79 Å².